The van der Waals surface area contributed by atoms with Crippen LogP contribution < -0.4 is 5.32 Å². The number of carboxylic acids is 1. The number of aliphatic carboxylic acids is 1. The normalized spacial score (nSPS) is 11.5. The van der Waals surface area contributed by atoms with Gasteiger partial charge in [-0.15, -0.1) is 0 Å². The van der Waals surface area contributed by atoms with Gasteiger partial charge in [-0.25, -0.2) is 9.59 Å². The maximum Gasteiger partial charge on any atom is 0.408 e. The van der Waals surface area contributed by atoms with E-state index >= 15 is 0 Å². The molecule has 2 N–H and O–H groups in total. The van der Waals surface area contributed by atoms with Crippen LogP contribution in [0.1, 0.15) is 11.6 Å². The topological polar surface area (TPSA) is 75.6 Å². The maximum absolute atomic E-state index is 11.3. The predicted octanol–water partition coefficient (Wildman–Crippen LogP) is 3.03. The summed E-state index contributed by atoms with van der Waals surface area (Å²) in [7, 11) is 0. The molecule has 1 aromatic rings. The summed E-state index contributed by atoms with van der Waals surface area (Å²) in [5.41, 5.74) is 0.251. The van der Waals surface area contributed by atoms with Gasteiger partial charge in [0.05, 0.1) is 0 Å². The zero-order valence-electron chi connectivity index (χ0n) is 9.73. The monoisotopic (exact) mass is 303 g/mol. The Hall–Kier alpha value is -1.72. The lowest BCUT2D eigenvalue weighted by molar-refractivity contribution is -0.139. The number of ether oxygens (including phenoxy) is 1. The molecule has 0 bridgehead atoms. The van der Waals surface area contributed by atoms with E-state index in [0.717, 1.165) is 0 Å². The van der Waals surface area contributed by atoms with Crippen LogP contribution in [-0.4, -0.2) is 23.8 Å². The van der Waals surface area contributed by atoms with E-state index in [1.807, 2.05) is 0 Å². The summed E-state index contributed by atoms with van der Waals surface area (Å²) in [4.78, 5) is 22.5. The molecule has 1 atom stereocenters. The summed E-state index contributed by atoms with van der Waals surface area (Å²) in [6, 6.07) is 2.97. The van der Waals surface area contributed by atoms with E-state index in [1.165, 1.54) is 24.3 Å². The van der Waals surface area contributed by atoms with Crippen LogP contribution in [0.2, 0.25) is 10.0 Å². The van der Waals surface area contributed by atoms with Crippen LogP contribution in [-0.2, 0) is 9.53 Å². The van der Waals surface area contributed by atoms with Crippen LogP contribution in [0.15, 0.2) is 30.9 Å². The first-order chi connectivity index (χ1) is 8.93. The van der Waals surface area contributed by atoms with Gasteiger partial charge in [-0.1, -0.05) is 35.9 Å². The van der Waals surface area contributed by atoms with Crippen molar-refractivity contribution in [1.82, 2.24) is 5.32 Å². The van der Waals surface area contributed by atoms with E-state index in [2.05, 4.69) is 16.6 Å². The SMILES string of the molecule is C=CCOC(=O)NC(C(=O)O)c1cc(Cl)cc(Cl)c1. The fourth-order valence-electron chi connectivity index (χ4n) is 1.32. The first-order valence-corrected chi connectivity index (χ1v) is 5.92. The minimum atomic E-state index is -1.30. The van der Waals surface area contributed by atoms with Crippen molar-refractivity contribution in [3.8, 4) is 0 Å². The Bertz CT molecular complexity index is 484. The molecule has 0 heterocycles. The molecule has 0 radical (unpaired) electrons. The average molecular weight is 304 g/mol. The van der Waals surface area contributed by atoms with Gasteiger partial charge < -0.3 is 15.2 Å². The molecule has 1 aromatic carbocycles. The molecule has 1 amide bonds. The van der Waals surface area contributed by atoms with Gasteiger partial charge in [0.15, 0.2) is 6.04 Å². The minimum Gasteiger partial charge on any atom is -0.479 e. The highest BCUT2D eigenvalue weighted by atomic mass is 35.5. The Morgan fingerprint density at radius 1 is 1.37 bits per heavy atom. The Morgan fingerprint density at radius 2 is 1.95 bits per heavy atom. The van der Waals surface area contributed by atoms with Gasteiger partial charge in [-0.05, 0) is 23.8 Å². The van der Waals surface area contributed by atoms with Crippen LogP contribution in [0.4, 0.5) is 4.79 Å². The van der Waals surface area contributed by atoms with Gasteiger partial charge in [0.2, 0.25) is 0 Å². The van der Waals surface area contributed by atoms with Crippen LogP contribution in [0, 0.1) is 0 Å². The van der Waals surface area contributed by atoms with Gasteiger partial charge in [-0.3, -0.25) is 0 Å². The quantitative estimate of drug-likeness (QED) is 0.820. The lowest BCUT2D eigenvalue weighted by atomic mass is 10.1. The molecular formula is C12H11Cl2NO4. The van der Waals surface area contributed by atoms with Gasteiger partial charge in [0.1, 0.15) is 6.61 Å². The molecule has 0 spiro atoms. The highest BCUT2D eigenvalue weighted by Crippen LogP contribution is 2.23. The lowest BCUT2D eigenvalue weighted by Crippen LogP contribution is -2.34. The third-order valence-electron chi connectivity index (χ3n) is 2.06. The second-order valence-corrected chi connectivity index (χ2v) is 4.38. The van der Waals surface area contributed by atoms with Crippen molar-refractivity contribution in [2.24, 2.45) is 0 Å². The van der Waals surface area contributed by atoms with Crippen LogP contribution in [0.25, 0.3) is 0 Å². The highest BCUT2D eigenvalue weighted by molar-refractivity contribution is 6.34. The molecule has 102 valence electrons. The van der Waals surface area contributed by atoms with Gasteiger partial charge >= 0.3 is 12.1 Å². The molecule has 0 aliphatic rings. The summed E-state index contributed by atoms with van der Waals surface area (Å²) in [6.07, 6.45) is 0.495. The van der Waals surface area contributed by atoms with Crippen molar-refractivity contribution in [2.45, 2.75) is 6.04 Å². The zero-order chi connectivity index (χ0) is 14.4. The predicted molar refractivity (Wildman–Crippen MR) is 71.5 cm³/mol. The third-order valence-corrected chi connectivity index (χ3v) is 2.50. The minimum absolute atomic E-state index is 0.0194. The second kappa shape index (κ2) is 7.01. The van der Waals surface area contributed by atoms with Crippen molar-refractivity contribution < 1.29 is 19.4 Å². The zero-order valence-corrected chi connectivity index (χ0v) is 11.2. The van der Waals surface area contributed by atoms with Crippen molar-refractivity contribution >= 4 is 35.3 Å². The second-order valence-electron chi connectivity index (χ2n) is 3.51. The van der Waals surface area contributed by atoms with Gasteiger partial charge in [0.25, 0.3) is 0 Å². The maximum atomic E-state index is 11.3. The average Bonchev–Trinajstić information content (AvgIpc) is 2.31. The first-order valence-electron chi connectivity index (χ1n) is 5.17. The summed E-state index contributed by atoms with van der Waals surface area (Å²) in [5, 5.41) is 11.8. The summed E-state index contributed by atoms with van der Waals surface area (Å²) >= 11 is 11.6. The molecule has 19 heavy (non-hydrogen) atoms. The Kier molecular flexibility index (Phi) is 5.66. The Morgan fingerprint density at radius 3 is 2.42 bits per heavy atom. The molecule has 0 aromatic heterocycles. The Balaban J connectivity index is 2.91. The van der Waals surface area contributed by atoms with E-state index in [1.54, 1.807) is 0 Å². The van der Waals surface area contributed by atoms with Crippen LogP contribution in [0.3, 0.4) is 0 Å². The van der Waals surface area contributed by atoms with E-state index in [0.29, 0.717) is 0 Å². The third kappa shape index (κ3) is 4.81. The number of nitrogens with one attached hydrogen (secondary N) is 1. The van der Waals surface area contributed by atoms with E-state index in [4.69, 9.17) is 28.3 Å². The molecule has 1 rings (SSSR count). The fourth-order valence-corrected chi connectivity index (χ4v) is 1.87. The highest BCUT2D eigenvalue weighted by Gasteiger charge is 2.23. The first kappa shape index (κ1) is 15.3. The number of hydrogen-bond donors (Lipinski definition) is 2. The molecule has 1 unspecified atom stereocenters. The molecule has 0 fully saturated rings. The molecule has 0 aliphatic carbocycles. The van der Waals surface area contributed by atoms with Gasteiger partial charge in [-0.2, -0.15) is 0 Å². The van der Waals surface area contributed by atoms with E-state index in [-0.39, 0.29) is 22.2 Å². The van der Waals surface area contributed by atoms with Crippen molar-refractivity contribution in [3.05, 3.63) is 46.5 Å². The number of carbonyl (C=O) groups is 2. The summed E-state index contributed by atoms with van der Waals surface area (Å²) < 4.78 is 4.66. The summed E-state index contributed by atoms with van der Waals surface area (Å²) in [6.45, 7) is 3.35. The van der Waals surface area contributed by atoms with Crippen LogP contribution in [0.5, 0.6) is 0 Å². The van der Waals surface area contributed by atoms with E-state index in [9.17, 15) is 9.59 Å². The Labute approximate surface area is 119 Å². The largest absolute Gasteiger partial charge is 0.479 e. The van der Waals surface area contributed by atoms with Gasteiger partial charge in [0, 0.05) is 10.0 Å². The van der Waals surface area contributed by atoms with Crippen molar-refractivity contribution in [1.29, 1.82) is 0 Å². The fraction of sp³-hybridized carbons (Fsp3) is 0.167. The number of benzene rings is 1. The van der Waals surface area contributed by atoms with Crippen molar-refractivity contribution in [3.63, 3.8) is 0 Å². The van der Waals surface area contributed by atoms with Crippen molar-refractivity contribution in [2.75, 3.05) is 6.61 Å². The van der Waals surface area contributed by atoms with E-state index < -0.39 is 18.1 Å². The number of halogens is 2. The molecule has 0 saturated carbocycles. The molecule has 0 aliphatic heterocycles. The summed E-state index contributed by atoms with van der Waals surface area (Å²) in [5.74, 6) is -1.26. The number of hydrogen-bond acceptors (Lipinski definition) is 3. The molecule has 0 saturated heterocycles. The lowest BCUT2D eigenvalue weighted by Gasteiger charge is -2.15. The number of amides is 1. The molecule has 7 heteroatoms. The van der Waals surface area contributed by atoms with Crippen LogP contribution >= 0.6 is 23.2 Å². The number of rotatable bonds is 5. The molecule has 5 nitrogen and oxygen atoms in total. The standard InChI is InChI=1S/C12H11Cl2NO4/c1-2-3-19-12(18)15-10(11(16)17)7-4-8(13)6-9(14)5-7/h2,4-6,10H,1,3H2,(H,15,18)(H,16,17). The smallest absolute Gasteiger partial charge is 0.408 e. The number of alkyl carbamates (subject to hydrolysis) is 1. The molecular weight excluding hydrogens is 293 g/mol. The number of carbonyl (C=O) groups excluding carboxylic acids is 1. The number of carboxylic acid groups (broad SMARTS) is 1.